The molecule has 0 atom stereocenters. The molecule has 3 N–H and O–H groups in total. The van der Waals surface area contributed by atoms with Crippen molar-refractivity contribution in [1.82, 2.24) is 4.98 Å². The van der Waals surface area contributed by atoms with Gasteiger partial charge in [-0.2, -0.15) is 0 Å². The molecule has 17 heavy (non-hydrogen) atoms. The van der Waals surface area contributed by atoms with Crippen molar-refractivity contribution in [2.45, 2.75) is 0 Å². The third-order valence-electron chi connectivity index (χ3n) is 2.19. The molecule has 1 aromatic heterocycles. The van der Waals surface area contributed by atoms with E-state index in [9.17, 15) is 4.79 Å². The van der Waals surface area contributed by atoms with E-state index in [1.165, 1.54) is 0 Å². The highest BCUT2D eigenvalue weighted by Gasteiger charge is 2.11. The van der Waals surface area contributed by atoms with E-state index >= 15 is 0 Å². The van der Waals surface area contributed by atoms with Gasteiger partial charge in [-0.25, -0.2) is 0 Å². The fourth-order valence-electron chi connectivity index (χ4n) is 1.36. The maximum atomic E-state index is 11.9. The van der Waals surface area contributed by atoms with Crippen molar-refractivity contribution in [3.63, 3.8) is 0 Å². The fraction of sp³-hybridized carbons (Fsp3) is 0. The molecule has 2 aromatic rings. The molecule has 0 aliphatic heterocycles. The molecular weight excluding hydrogens is 238 g/mol. The summed E-state index contributed by atoms with van der Waals surface area (Å²) in [5, 5.41) is 2.94. The van der Waals surface area contributed by atoms with Crippen LogP contribution in [-0.4, -0.2) is 10.9 Å². The Morgan fingerprint density at radius 3 is 2.82 bits per heavy atom. The molecule has 2 rings (SSSR count). The van der Waals surface area contributed by atoms with Crippen LogP contribution in [0.2, 0.25) is 5.02 Å². The summed E-state index contributed by atoms with van der Waals surface area (Å²) < 4.78 is 0. The number of hydrogen-bond donors (Lipinski definition) is 2. The summed E-state index contributed by atoms with van der Waals surface area (Å²) >= 11 is 5.95. The van der Waals surface area contributed by atoms with Crippen LogP contribution in [0.15, 0.2) is 42.7 Å². The van der Waals surface area contributed by atoms with Crippen LogP contribution < -0.4 is 11.1 Å². The first kappa shape index (κ1) is 11.4. The van der Waals surface area contributed by atoms with Gasteiger partial charge in [-0.3, -0.25) is 9.78 Å². The first-order valence-electron chi connectivity index (χ1n) is 4.94. The number of nitrogen functional groups attached to an aromatic ring is 1. The molecule has 5 heteroatoms. The minimum Gasteiger partial charge on any atom is -0.398 e. The molecule has 0 aliphatic rings. The highest BCUT2D eigenvalue weighted by molar-refractivity contribution is 6.36. The molecule has 0 saturated carbocycles. The van der Waals surface area contributed by atoms with Crippen LogP contribution in [0.1, 0.15) is 10.4 Å². The molecule has 0 fully saturated rings. The maximum Gasteiger partial charge on any atom is 0.257 e. The van der Waals surface area contributed by atoms with Gasteiger partial charge in [0.1, 0.15) is 0 Å². The van der Waals surface area contributed by atoms with Crippen molar-refractivity contribution < 1.29 is 4.79 Å². The third kappa shape index (κ3) is 2.54. The molecule has 0 unspecified atom stereocenters. The molecular formula is C12H10ClN3O. The summed E-state index contributed by atoms with van der Waals surface area (Å²) in [7, 11) is 0. The van der Waals surface area contributed by atoms with Crippen LogP contribution in [0.4, 0.5) is 11.4 Å². The Balaban J connectivity index is 2.24. The van der Waals surface area contributed by atoms with Gasteiger partial charge in [0.05, 0.1) is 28.2 Å². The quantitative estimate of drug-likeness (QED) is 0.802. The van der Waals surface area contributed by atoms with E-state index in [4.69, 9.17) is 17.3 Å². The SMILES string of the molecule is Nc1cccc(C(=O)Nc2cccnc2)c1Cl. The number of halogens is 1. The molecule has 1 aromatic carbocycles. The second-order valence-corrected chi connectivity index (χ2v) is 3.78. The lowest BCUT2D eigenvalue weighted by molar-refractivity contribution is 0.102. The number of benzene rings is 1. The van der Waals surface area contributed by atoms with Crippen molar-refractivity contribution >= 4 is 28.9 Å². The molecule has 0 saturated heterocycles. The number of hydrogen-bond acceptors (Lipinski definition) is 3. The van der Waals surface area contributed by atoms with Gasteiger partial charge >= 0.3 is 0 Å². The Morgan fingerprint density at radius 2 is 2.12 bits per heavy atom. The largest absolute Gasteiger partial charge is 0.398 e. The number of nitrogens with one attached hydrogen (secondary N) is 1. The molecule has 0 radical (unpaired) electrons. The number of amides is 1. The number of carbonyl (C=O) groups is 1. The minimum atomic E-state index is -0.310. The zero-order valence-corrected chi connectivity index (χ0v) is 9.61. The van der Waals surface area contributed by atoms with Crippen molar-refractivity contribution in [1.29, 1.82) is 0 Å². The van der Waals surface area contributed by atoms with Gasteiger partial charge < -0.3 is 11.1 Å². The van der Waals surface area contributed by atoms with Crippen LogP contribution >= 0.6 is 11.6 Å². The molecule has 0 spiro atoms. The summed E-state index contributed by atoms with van der Waals surface area (Å²) in [6.45, 7) is 0. The molecule has 0 bridgehead atoms. The van der Waals surface area contributed by atoms with E-state index in [-0.39, 0.29) is 10.9 Å². The van der Waals surface area contributed by atoms with Gasteiger partial charge in [0.15, 0.2) is 0 Å². The summed E-state index contributed by atoms with van der Waals surface area (Å²) in [4.78, 5) is 15.8. The first-order chi connectivity index (χ1) is 8.18. The van der Waals surface area contributed by atoms with Gasteiger partial charge in [0.2, 0.25) is 0 Å². The fourth-order valence-corrected chi connectivity index (χ4v) is 1.57. The minimum absolute atomic E-state index is 0.258. The van der Waals surface area contributed by atoms with Gasteiger partial charge in [-0.05, 0) is 24.3 Å². The van der Waals surface area contributed by atoms with E-state index in [1.54, 1.807) is 42.7 Å². The number of anilines is 2. The number of carbonyl (C=O) groups excluding carboxylic acids is 1. The topological polar surface area (TPSA) is 68.0 Å². The Hall–Kier alpha value is -2.07. The zero-order valence-electron chi connectivity index (χ0n) is 8.85. The number of pyridine rings is 1. The predicted molar refractivity (Wildman–Crippen MR) is 68.1 cm³/mol. The lowest BCUT2D eigenvalue weighted by Crippen LogP contribution is -2.13. The third-order valence-corrected chi connectivity index (χ3v) is 2.61. The van der Waals surface area contributed by atoms with E-state index < -0.39 is 0 Å². The second-order valence-electron chi connectivity index (χ2n) is 3.40. The lowest BCUT2D eigenvalue weighted by atomic mass is 10.2. The molecule has 1 heterocycles. The van der Waals surface area contributed by atoms with Crippen LogP contribution in [0.5, 0.6) is 0 Å². The summed E-state index contributed by atoms with van der Waals surface area (Å²) in [5.74, 6) is -0.310. The summed E-state index contributed by atoms with van der Waals surface area (Å²) in [6, 6.07) is 8.41. The number of nitrogens with zero attached hydrogens (tertiary/aromatic N) is 1. The van der Waals surface area contributed by atoms with Crippen molar-refractivity contribution in [3.8, 4) is 0 Å². The molecule has 1 amide bonds. The number of nitrogens with two attached hydrogens (primary N) is 1. The molecule has 86 valence electrons. The Morgan fingerprint density at radius 1 is 1.29 bits per heavy atom. The standard InChI is InChI=1S/C12H10ClN3O/c13-11-9(4-1-5-10(11)14)12(17)16-8-3-2-6-15-7-8/h1-7H,14H2,(H,16,17). The Bertz CT molecular complexity index is 543. The average Bonchev–Trinajstić information content (AvgIpc) is 2.34. The van der Waals surface area contributed by atoms with Crippen molar-refractivity contribution in [2.24, 2.45) is 0 Å². The van der Waals surface area contributed by atoms with Crippen LogP contribution in [-0.2, 0) is 0 Å². The van der Waals surface area contributed by atoms with Crippen LogP contribution in [0.25, 0.3) is 0 Å². The van der Waals surface area contributed by atoms with Gasteiger partial charge in [0, 0.05) is 6.20 Å². The van der Waals surface area contributed by atoms with Crippen LogP contribution in [0, 0.1) is 0 Å². The number of aromatic nitrogens is 1. The van der Waals surface area contributed by atoms with Gasteiger partial charge in [-0.1, -0.05) is 17.7 Å². The first-order valence-corrected chi connectivity index (χ1v) is 5.31. The van der Waals surface area contributed by atoms with E-state index in [0.29, 0.717) is 16.9 Å². The Labute approximate surface area is 103 Å². The van der Waals surface area contributed by atoms with Crippen molar-refractivity contribution in [2.75, 3.05) is 11.1 Å². The highest BCUT2D eigenvalue weighted by atomic mass is 35.5. The van der Waals surface area contributed by atoms with Crippen LogP contribution in [0.3, 0.4) is 0 Å². The maximum absolute atomic E-state index is 11.9. The average molecular weight is 248 g/mol. The number of rotatable bonds is 2. The second kappa shape index (κ2) is 4.84. The predicted octanol–water partition coefficient (Wildman–Crippen LogP) is 2.57. The van der Waals surface area contributed by atoms with E-state index in [2.05, 4.69) is 10.3 Å². The summed E-state index contributed by atoms with van der Waals surface area (Å²) in [6.07, 6.45) is 3.18. The Kier molecular flexibility index (Phi) is 3.25. The summed E-state index contributed by atoms with van der Waals surface area (Å²) in [5.41, 5.74) is 6.96. The van der Waals surface area contributed by atoms with Gasteiger partial charge in [0.25, 0.3) is 5.91 Å². The highest BCUT2D eigenvalue weighted by Crippen LogP contribution is 2.23. The molecule has 4 nitrogen and oxygen atoms in total. The van der Waals surface area contributed by atoms with Crippen molar-refractivity contribution in [3.05, 3.63) is 53.3 Å². The normalized spacial score (nSPS) is 9.94. The van der Waals surface area contributed by atoms with E-state index in [1.807, 2.05) is 0 Å². The lowest BCUT2D eigenvalue weighted by Gasteiger charge is -2.07. The monoisotopic (exact) mass is 247 g/mol. The smallest absolute Gasteiger partial charge is 0.257 e. The van der Waals surface area contributed by atoms with E-state index in [0.717, 1.165) is 0 Å². The molecule has 0 aliphatic carbocycles. The zero-order chi connectivity index (χ0) is 12.3. The van der Waals surface area contributed by atoms with Gasteiger partial charge in [-0.15, -0.1) is 0 Å².